The van der Waals surface area contributed by atoms with Crippen LogP contribution in [0, 0.1) is 6.92 Å². The minimum absolute atomic E-state index is 0.334. The molecule has 15 heavy (non-hydrogen) atoms. The molecule has 1 heterocycles. The van der Waals surface area contributed by atoms with Gasteiger partial charge in [-0.05, 0) is 36.6 Å². The fourth-order valence-corrected chi connectivity index (χ4v) is 1.66. The van der Waals surface area contributed by atoms with E-state index in [0.29, 0.717) is 12.7 Å². The summed E-state index contributed by atoms with van der Waals surface area (Å²) in [4.78, 5) is 0. The third-order valence-corrected chi connectivity index (χ3v) is 2.67. The van der Waals surface area contributed by atoms with Gasteiger partial charge in [-0.2, -0.15) is 0 Å². The fraction of sp³-hybridized carbons (Fsp3) is 0.538. The maximum absolute atomic E-state index is 5.62. The Bertz CT molecular complexity index is 329. The van der Waals surface area contributed by atoms with Crippen LogP contribution in [0.4, 0.5) is 0 Å². The summed E-state index contributed by atoms with van der Waals surface area (Å²) in [7, 11) is 0. The van der Waals surface area contributed by atoms with Gasteiger partial charge in [-0.3, -0.25) is 0 Å². The van der Waals surface area contributed by atoms with Gasteiger partial charge in [0.2, 0.25) is 0 Å². The third-order valence-electron chi connectivity index (χ3n) is 2.67. The highest BCUT2D eigenvalue weighted by Gasteiger charge is 2.22. The monoisotopic (exact) mass is 206 g/mol. The molecular formula is C13H18O2. The van der Waals surface area contributed by atoms with Crippen molar-refractivity contribution in [2.75, 3.05) is 13.2 Å². The van der Waals surface area contributed by atoms with E-state index in [1.165, 1.54) is 17.5 Å². The van der Waals surface area contributed by atoms with Crippen LogP contribution in [0.25, 0.3) is 0 Å². The van der Waals surface area contributed by atoms with Crippen molar-refractivity contribution in [1.29, 1.82) is 0 Å². The van der Waals surface area contributed by atoms with E-state index >= 15 is 0 Å². The first-order chi connectivity index (χ1) is 7.29. The second-order valence-corrected chi connectivity index (χ2v) is 4.10. The maximum Gasteiger partial charge on any atom is 0.119 e. The Labute approximate surface area is 91.2 Å². The van der Waals surface area contributed by atoms with Crippen molar-refractivity contribution < 1.29 is 9.47 Å². The summed E-state index contributed by atoms with van der Waals surface area (Å²) >= 11 is 0. The molecular weight excluding hydrogens is 188 g/mol. The number of benzene rings is 1. The lowest BCUT2D eigenvalue weighted by atomic mass is 10.0. The molecule has 1 aromatic carbocycles. The number of aryl methyl sites for hydroxylation is 2. The van der Waals surface area contributed by atoms with Crippen LogP contribution >= 0.6 is 0 Å². The van der Waals surface area contributed by atoms with E-state index in [9.17, 15) is 0 Å². The molecule has 1 atom stereocenters. The van der Waals surface area contributed by atoms with Crippen LogP contribution in [-0.4, -0.2) is 19.3 Å². The molecule has 1 unspecified atom stereocenters. The molecule has 0 radical (unpaired) electrons. The van der Waals surface area contributed by atoms with Gasteiger partial charge in [0.25, 0.3) is 0 Å². The maximum atomic E-state index is 5.62. The van der Waals surface area contributed by atoms with Gasteiger partial charge in [0.05, 0.1) is 6.61 Å². The molecule has 0 saturated carbocycles. The second kappa shape index (κ2) is 4.67. The molecule has 2 nitrogen and oxygen atoms in total. The average molecular weight is 206 g/mol. The van der Waals surface area contributed by atoms with Crippen molar-refractivity contribution in [2.24, 2.45) is 0 Å². The Balaban J connectivity index is 1.96. The van der Waals surface area contributed by atoms with E-state index in [1.54, 1.807) is 0 Å². The van der Waals surface area contributed by atoms with Crippen LogP contribution in [0.3, 0.4) is 0 Å². The van der Waals surface area contributed by atoms with E-state index in [1.807, 2.05) is 0 Å². The summed E-state index contributed by atoms with van der Waals surface area (Å²) in [5.41, 5.74) is 2.75. The highest BCUT2D eigenvalue weighted by atomic mass is 16.6. The first kappa shape index (κ1) is 10.5. The number of hydrogen-bond acceptors (Lipinski definition) is 2. The minimum Gasteiger partial charge on any atom is -0.491 e. The van der Waals surface area contributed by atoms with Crippen molar-refractivity contribution in [3.8, 4) is 5.75 Å². The van der Waals surface area contributed by atoms with Gasteiger partial charge in [-0.1, -0.05) is 19.4 Å². The van der Waals surface area contributed by atoms with Gasteiger partial charge in [0, 0.05) is 0 Å². The lowest BCUT2D eigenvalue weighted by Gasteiger charge is -2.08. The molecule has 82 valence electrons. The highest BCUT2D eigenvalue weighted by Crippen LogP contribution is 2.20. The largest absolute Gasteiger partial charge is 0.491 e. The summed E-state index contributed by atoms with van der Waals surface area (Å²) < 4.78 is 10.7. The molecule has 1 fully saturated rings. The molecule has 1 saturated heterocycles. The van der Waals surface area contributed by atoms with Crippen molar-refractivity contribution in [1.82, 2.24) is 0 Å². The zero-order chi connectivity index (χ0) is 10.7. The fourth-order valence-electron chi connectivity index (χ4n) is 1.66. The second-order valence-electron chi connectivity index (χ2n) is 4.10. The molecule has 0 spiro atoms. The zero-order valence-corrected chi connectivity index (χ0v) is 9.45. The quantitative estimate of drug-likeness (QED) is 0.691. The van der Waals surface area contributed by atoms with Crippen LogP contribution in [-0.2, 0) is 11.2 Å². The molecule has 0 amide bonds. The van der Waals surface area contributed by atoms with E-state index in [2.05, 4.69) is 32.0 Å². The first-order valence-corrected chi connectivity index (χ1v) is 5.63. The molecule has 0 aromatic heterocycles. The van der Waals surface area contributed by atoms with Crippen molar-refractivity contribution in [2.45, 2.75) is 32.8 Å². The summed E-state index contributed by atoms with van der Waals surface area (Å²) in [6.45, 7) is 5.89. The topological polar surface area (TPSA) is 21.8 Å². The Hall–Kier alpha value is -1.02. The number of epoxide rings is 1. The minimum atomic E-state index is 0.334. The third kappa shape index (κ3) is 2.96. The van der Waals surface area contributed by atoms with Crippen LogP contribution < -0.4 is 4.74 Å². The van der Waals surface area contributed by atoms with E-state index < -0.39 is 0 Å². The highest BCUT2D eigenvalue weighted by molar-refractivity contribution is 5.34. The van der Waals surface area contributed by atoms with E-state index in [0.717, 1.165) is 18.8 Å². The molecule has 1 aliphatic rings. The number of hydrogen-bond donors (Lipinski definition) is 0. The predicted octanol–water partition coefficient (Wildman–Crippen LogP) is 2.73. The van der Waals surface area contributed by atoms with Crippen molar-refractivity contribution in [3.05, 3.63) is 29.3 Å². The summed E-state index contributed by atoms with van der Waals surface area (Å²) in [6.07, 6.45) is 2.68. The molecule has 0 bridgehead atoms. The van der Waals surface area contributed by atoms with Crippen LogP contribution in [0.1, 0.15) is 24.5 Å². The smallest absolute Gasteiger partial charge is 0.119 e. The van der Waals surface area contributed by atoms with Gasteiger partial charge in [0.15, 0.2) is 0 Å². The standard InChI is InChI=1S/C13H18O2/c1-3-4-11-5-6-12(7-10(11)2)14-8-13-9-15-13/h5-7,13H,3-4,8-9H2,1-2H3. The number of rotatable bonds is 5. The Morgan fingerprint density at radius 1 is 1.47 bits per heavy atom. The Morgan fingerprint density at radius 2 is 2.27 bits per heavy atom. The average Bonchev–Trinajstić information content (AvgIpc) is 3.03. The summed E-state index contributed by atoms with van der Waals surface area (Å²) in [5, 5.41) is 0. The van der Waals surface area contributed by atoms with Gasteiger partial charge in [0.1, 0.15) is 18.5 Å². The van der Waals surface area contributed by atoms with Crippen LogP contribution in [0.2, 0.25) is 0 Å². The molecule has 0 aliphatic carbocycles. The van der Waals surface area contributed by atoms with Gasteiger partial charge >= 0.3 is 0 Å². The van der Waals surface area contributed by atoms with Gasteiger partial charge in [-0.25, -0.2) is 0 Å². The first-order valence-electron chi connectivity index (χ1n) is 5.63. The molecule has 0 N–H and O–H groups in total. The van der Waals surface area contributed by atoms with Crippen LogP contribution in [0.5, 0.6) is 5.75 Å². The molecule has 1 aliphatic heterocycles. The van der Waals surface area contributed by atoms with Crippen molar-refractivity contribution >= 4 is 0 Å². The van der Waals surface area contributed by atoms with Crippen molar-refractivity contribution in [3.63, 3.8) is 0 Å². The van der Waals surface area contributed by atoms with Crippen LogP contribution in [0.15, 0.2) is 18.2 Å². The van der Waals surface area contributed by atoms with E-state index in [4.69, 9.17) is 9.47 Å². The SMILES string of the molecule is CCCc1ccc(OCC2CO2)cc1C. The number of ether oxygens (including phenoxy) is 2. The predicted molar refractivity (Wildman–Crippen MR) is 60.4 cm³/mol. The normalized spacial score (nSPS) is 18.9. The van der Waals surface area contributed by atoms with Gasteiger partial charge < -0.3 is 9.47 Å². The molecule has 2 heteroatoms. The van der Waals surface area contributed by atoms with E-state index in [-0.39, 0.29) is 0 Å². The molecule has 1 aromatic rings. The Morgan fingerprint density at radius 3 is 2.87 bits per heavy atom. The lowest BCUT2D eigenvalue weighted by molar-refractivity contribution is 0.263. The molecule has 2 rings (SSSR count). The Kier molecular flexibility index (Phi) is 3.27. The summed E-state index contributed by atoms with van der Waals surface area (Å²) in [5.74, 6) is 0.961. The zero-order valence-electron chi connectivity index (χ0n) is 9.45. The lowest BCUT2D eigenvalue weighted by Crippen LogP contribution is -2.04. The summed E-state index contributed by atoms with van der Waals surface area (Å²) in [6, 6.07) is 6.34. The van der Waals surface area contributed by atoms with Gasteiger partial charge in [-0.15, -0.1) is 0 Å².